The molecule has 1 radical (unpaired) electrons. The minimum atomic E-state index is -0.0674. The van der Waals surface area contributed by atoms with E-state index >= 15 is 0 Å². The molecule has 1 unspecified atom stereocenters. The standard InChI is InChI=1S/C16H22N3O/c1-19(13-5-3-2-4-6-13)15-9-11-7-8-12(17)10-14(11)18-16(15)20/h7-8,10,13,15,17H,2-6,9H2,1H3,(H,18,20). The number of amides is 1. The zero-order chi connectivity index (χ0) is 14.1. The van der Waals surface area contributed by atoms with Crippen LogP contribution in [0.4, 0.5) is 11.4 Å². The maximum absolute atomic E-state index is 12.3. The molecule has 1 saturated carbocycles. The van der Waals surface area contributed by atoms with E-state index in [0.717, 1.165) is 17.7 Å². The topological polar surface area (TPSA) is 56.1 Å². The van der Waals surface area contributed by atoms with Crippen molar-refractivity contribution < 1.29 is 4.79 Å². The van der Waals surface area contributed by atoms with Crippen LogP contribution in [0.5, 0.6) is 0 Å². The van der Waals surface area contributed by atoms with E-state index < -0.39 is 0 Å². The zero-order valence-corrected chi connectivity index (χ0v) is 12.0. The van der Waals surface area contributed by atoms with Gasteiger partial charge in [-0.3, -0.25) is 9.69 Å². The van der Waals surface area contributed by atoms with Crippen molar-refractivity contribution in [1.29, 1.82) is 0 Å². The minimum absolute atomic E-state index is 0.0674. The third kappa shape index (κ3) is 2.52. The highest BCUT2D eigenvalue weighted by molar-refractivity contribution is 5.98. The number of rotatable bonds is 2. The summed E-state index contributed by atoms with van der Waals surface area (Å²) in [5.74, 6) is 0.0798. The van der Waals surface area contributed by atoms with Gasteiger partial charge in [0, 0.05) is 11.7 Å². The number of hydrogen-bond acceptors (Lipinski definition) is 2. The van der Waals surface area contributed by atoms with Crippen molar-refractivity contribution in [2.45, 2.75) is 50.6 Å². The molecule has 1 aliphatic carbocycles. The van der Waals surface area contributed by atoms with Gasteiger partial charge in [-0.2, -0.15) is 0 Å². The van der Waals surface area contributed by atoms with Crippen LogP contribution in [-0.2, 0) is 11.2 Å². The van der Waals surface area contributed by atoms with Crippen LogP contribution in [0, 0.1) is 0 Å². The Hall–Kier alpha value is -1.55. The van der Waals surface area contributed by atoms with Gasteiger partial charge >= 0.3 is 0 Å². The van der Waals surface area contributed by atoms with Crippen LogP contribution < -0.4 is 11.1 Å². The summed E-state index contributed by atoms with van der Waals surface area (Å²) in [6.45, 7) is 0. The maximum Gasteiger partial charge on any atom is 0.242 e. The van der Waals surface area contributed by atoms with Crippen LogP contribution in [-0.4, -0.2) is 29.9 Å². The second-order valence-corrected chi connectivity index (χ2v) is 6.04. The van der Waals surface area contributed by atoms with Gasteiger partial charge in [-0.15, -0.1) is 0 Å². The molecule has 1 heterocycles. The number of likely N-dealkylation sites (N-methyl/N-ethyl adjacent to an activating group) is 1. The summed E-state index contributed by atoms with van der Waals surface area (Å²) < 4.78 is 0. The van der Waals surface area contributed by atoms with E-state index in [4.69, 9.17) is 5.73 Å². The highest BCUT2D eigenvalue weighted by Gasteiger charge is 2.33. The number of nitrogens with one attached hydrogen (secondary N) is 2. The fourth-order valence-corrected chi connectivity index (χ4v) is 3.46. The van der Waals surface area contributed by atoms with Crippen LogP contribution in [0.1, 0.15) is 37.7 Å². The van der Waals surface area contributed by atoms with E-state index in [1.54, 1.807) is 12.1 Å². The van der Waals surface area contributed by atoms with Crippen LogP contribution in [0.25, 0.3) is 0 Å². The molecule has 3 rings (SSSR count). The van der Waals surface area contributed by atoms with Crippen molar-refractivity contribution in [3.8, 4) is 0 Å². The molecule has 0 bridgehead atoms. The van der Waals surface area contributed by atoms with Crippen molar-refractivity contribution >= 4 is 17.3 Å². The van der Waals surface area contributed by atoms with Crippen LogP contribution >= 0.6 is 0 Å². The summed E-state index contributed by atoms with van der Waals surface area (Å²) >= 11 is 0. The van der Waals surface area contributed by atoms with Gasteiger partial charge in [0.1, 0.15) is 0 Å². The lowest BCUT2D eigenvalue weighted by atomic mass is 9.91. The molecule has 107 valence electrons. The Morgan fingerprint density at radius 2 is 2.00 bits per heavy atom. The third-order valence-corrected chi connectivity index (χ3v) is 4.73. The monoisotopic (exact) mass is 272 g/mol. The lowest BCUT2D eigenvalue weighted by Gasteiger charge is -2.38. The highest BCUT2D eigenvalue weighted by atomic mass is 16.2. The summed E-state index contributed by atoms with van der Waals surface area (Å²) in [6.07, 6.45) is 7.06. The molecular formula is C16H22N3O. The number of carbonyl (C=O) groups excluding carboxylic acids is 1. The minimum Gasteiger partial charge on any atom is -0.324 e. The van der Waals surface area contributed by atoms with Gasteiger partial charge in [0.25, 0.3) is 0 Å². The molecule has 0 aromatic heterocycles. The fraction of sp³-hybridized carbons (Fsp3) is 0.562. The van der Waals surface area contributed by atoms with Crippen molar-refractivity contribution in [2.24, 2.45) is 0 Å². The molecule has 0 saturated heterocycles. The van der Waals surface area contributed by atoms with E-state index in [-0.39, 0.29) is 11.9 Å². The Bertz CT molecular complexity index is 508. The molecule has 1 amide bonds. The number of nitrogens with zero attached hydrogens (tertiary/aromatic N) is 1. The second-order valence-electron chi connectivity index (χ2n) is 6.04. The average molecular weight is 272 g/mol. The molecule has 1 aliphatic heterocycles. The first kappa shape index (κ1) is 13.4. The van der Waals surface area contributed by atoms with Crippen molar-refractivity contribution in [1.82, 2.24) is 10.6 Å². The summed E-state index contributed by atoms with van der Waals surface area (Å²) in [6, 6.07) is 5.98. The Kier molecular flexibility index (Phi) is 3.66. The fourth-order valence-electron chi connectivity index (χ4n) is 3.46. The summed E-state index contributed by atoms with van der Waals surface area (Å²) in [4.78, 5) is 14.6. The normalized spacial score (nSPS) is 23.5. The Labute approximate surface area is 120 Å². The van der Waals surface area contributed by atoms with Gasteiger partial charge in [0.2, 0.25) is 5.91 Å². The Balaban J connectivity index is 1.77. The summed E-state index contributed by atoms with van der Waals surface area (Å²) in [5, 5.41) is 2.97. The van der Waals surface area contributed by atoms with Crippen molar-refractivity contribution in [3.63, 3.8) is 0 Å². The second kappa shape index (κ2) is 5.44. The number of hydrogen-bond donors (Lipinski definition) is 1. The lowest BCUT2D eigenvalue weighted by Crippen LogP contribution is -2.50. The van der Waals surface area contributed by atoms with Gasteiger partial charge in [0.05, 0.1) is 11.7 Å². The van der Waals surface area contributed by atoms with E-state index in [1.165, 1.54) is 32.1 Å². The SMILES string of the molecule is CN(C1CCCCC1)C1Cc2ccc([NH])cc2NC1=O. The molecule has 1 fully saturated rings. The average Bonchev–Trinajstić information content (AvgIpc) is 2.46. The lowest BCUT2D eigenvalue weighted by molar-refractivity contribution is -0.122. The molecule has 4 heteroatoms. The van der Waals surface area contributed by atoms with Crippen LogP contribution in [0.15, 0.2) is 18.2 Å². The van der Waals surface area contributed by atoms with Crippen LogP contribution in [0.3, 0.4) is 0 Å². The predicted molar refractivity (Wildman–Crippen MR) is 80.0 cm³/mol. The smallest absolute Gasteiger partial charge is 0.242 e. The van der Waals surface area contributed by atoms with Gasteiger partial charge in [-0.1, -0.05) is 25.3 Å². The van der Waals surface area contributed by atoms with Gasteiger partial charge in [-0.25, -0.2) is 0 Å². The van der Waals surface area contributed by atoms with E-state index in [0.29, 0.717) is 11.7 Å². The van der Waals surface area contributed by atoms with Gasteiger partial charge < -0.3 is 11.1 Å². The Morgan fingerprint density at radius 3 is 2.75 bits per heavy atom. The number of fused-ring (bicyclic) bond motifs is 1. The molecule has 1 aromatic rings. The van der Waals surface area contributed by atoms with Gasteiger partial charge in [-0.05, 0) is 44.0 Å². The first-order chi connectivity index (χ1) is 9.65. The van der Waals surface area contributed by atoms with Crippen molar-refractivity contribution in [3.05, 3.63) is 23.8 Å². The predicted octanol–water partition coefficient (Wildman–Crippen LogP) is 2.73. The first-order valence-corrected chi connectivity index (χ1v) is 7.52. The van der Waals surface area contributed by atoms with E-state index in [2.05, 4.69) is 17.3 Å². The molecule has 2 aliphatic rings. The molecule has 1 aromatic carbocycles. The number of benzene rings is 1. The molecule has 1 atom stereocenters. The van der Waals surface area contributed by atoms with E-state index in [9.17, 15) is 4.79 Å². The Morgan fingerprint density at radius 1 is 1.25 bits per heavy atom. The van der Waals surface area contributed by atoms with Gasteiger partial charge in [0.15, 0.2) is 0 Å². The number of carbonyl (C=O) groups is 1. The molecule has 4 nitrogen and oxygen atoms in total. The summed E-state index contributed by atoms with van der Waals surface area (Å²) in [5.41, 5.74) is 10.0. The zero-order valence-electron chi connectivity index (χ0n) is 12.0. The van der Waals surface area contributed by atoms with Crippen LogP contribution in [0.2, 0.25) is 0 Å². The number of anilines is 1. The molecule has 2 N–H and O–H groups in total. The highest BCUT2D eigenvalue weighted by Crippen LogP contribution is 2.30. The molecular weight excluding hydrogens is 250 g/mol. The maximum atomic E-state index is 12.3. The van der Waals surface area contributed by atoms with E-state index in [1.807, 2.05) is 6.07 Å². The quantitative estimate of drug-likeness (QED) is 0.900. The largest absolute Gasteiger partial charge is 0.324 e. The first-order valence-electron chi connectivity index (χ1n) is 7.52. The molecule has 20 heavy (non-hydrogen) atoms. The molecule has 0 spiro atoms. The third-order valence-electron chi connectivity index (χ3n) is 4.73. The van der Waals surface area contributed by atoms with Crippen molar-refractivity contribution in [2.75, 3.05) is 12.4 Å². The summed E-state index contributed by atoms with van der Waals surface area (Å²) in [7, 11) is 2.09.